The van der Waals surface area contributed by atoms with Gasteiger partial charge in [0.1, 0.15) is 19.8 Å². The van der Waals surface area contributed by atoms with Gasteiger partial charge in [-0.15, -0.1) is 0 Å². The normalized spacial score (nSPS) is 13.1. The molecule has 3 atom stereocenters. The number of aliphatic imine (C=N–C) groups is 1. The number of carboxylic acid groups (broad SMARTS) is 1. The Balaban J connectivity index is 4.62. The molecule has 0 aliphatic carbocycles. The van der Waals surface area contributed by atoms with Crippen molar-refractivity contribution >= 4 is 24.3 Å². The van der Waals surface area contributed by atoms with E-state index in [1.807, 2.05) is 0 Å². The second-order valence-electron chi connectivity index (χ2n) is 8.23. The van der Waals surface area contributed by atoms with E-state index in [-0.39, 0.29) is 31.8 Å². The zero-order chi connectivity index (χ0) is 27.2. The fourth-order valence-corrected chi connectivity index (χ4v) is 3.06. The highest BCUT2D eigenvalue weighted by molar-refractivity contribution is 5.75. The molecule has 0 unspecified atom stereocenters. The molecule has 0 rings (SSSR count). The number of nitrogens with one attached hydrogen (secondary N) is 2. The van der Waals surface area contributed by atoms with E-state index in [0.29, 0.717) is 58.2 Å². The van der Waals surface area contributed by atoms with Crippen LogP contribution in [0.2, 0.25) is 0 Å². The first-order valence-electron chi connectivity index (χ1n) is 12.1. The molecule has 36 heavy (non-hydrogen) atoms. The summed E-state index contributed by atoms with van der Waals surface area (Å²) < 4.78 is 15.0. The summed E-state index contributed by atoms with van der Waals surface area (Å²) in [6.45, 7) is 1.06. The first-order valence-corrected chi connectivity index (χ1v) is 12.1. The summed E-state index contributed by atoms with van der Waals surface area (Å²) in [4.78, 5) is 39.0. The predicted molar refractivity (Wildman–Crippen MR) is 134 cm³/mol. The molecule has 0 heterocycles. The average molecular weight is 521 g/mol. The van der Waals surface area contributed by atoms with Gasteiger partial charge in [-0.05, 0) is 51.6 Å². The summed E-state index contributed by atoms with van der Waals surface area (Å²) in [5.41, 5.74) is 27.5. The number of rotatable bonds is 20. The zero-order valence-corrected chi connectivity index (χ0v) is 20.9. The first kappa shape index (κ1) is 33.0. The van der Waals surface area contributed by atoms with Gasteiger partial charge >= 0.3 is 18.3 Å². The smallest absolute Gasteiger partial charge is 0.450 e. The van der Waals surface area contributed by atoms with E-state index < -0.39 is 30.4 Å². The Labute approximate surface area is 211 Å². The SMILES string of the molecule is NCCCC[C@H](COC(=O)O)NC(=O)OC[C@H](CCCCN)NC(=O)OC[C@@H](N)CCCN=C(N)N. The molecule has 13 N–H and O–H groups in total. The molecule has 210 valence electrons. The molecule has 15 heteroatoms. The summed E-state index contributed by atoms with van der Waals surface area (Å²) in [6, 6.07) is -1.46. The quantitative estimate of drug-likeness (QED) is 0.0332. The van der Waals surface area contributed by atoms with Crippen molar-refractivity contribution in [2.75, 3.05) is 39.5 Å². The summed E-state index contributed by atoms with van der Waals surface area (Å²) in [5, 5.41) is 14.0. The third kappa shape index (κ3) is 20.3. The molecule has 0 aromatic heterocycles. The van der Waals surface area contributed by atoms with Crippen molar-refractivity contribution in [2.24, 2.45) is 33.7 Å². The van der Waals surface area contributed by atoms with Crippen LogP contribution in [0.15, 0.2) is 4.99 Å². The van der Waals surface area contributed by atoms with Crippen molar-refractivity contribution in [3.05, 3.63) is 0 Å². The van der Waals surface area contributed by atoms with Crippen molar-refractivity contribution in [3.63, 3.8) is 0 Å². The second kappa shape index (κ2) is 21.3. The lowest BCUT2D eigenvalue weighted by atomic mass is 10.1. The van der Waals surface area contributed by atoms with Crippen LogP contribution in [-0.2, 0) is 14.2 Å². The number of hydrogen-bond donors (Lipinski definition) is 8. The van der Waals surface area contributed by atoms with Gasteiger partial charge < -0.3 is 58.6 Å². The van der Waals surface area contributed by atoms with E-state index >= 15 is 0 Å². The Morgan fingerprint density at radius 3 is 1.72 bits per heavy atom. The zero-order valence-electron chi connectivity index (χ0n) is 20.9. The molecule has 15 nitrogen and oxygen atoms in total. The molecule has 0 fully saturated rings. The molecule has 0 saturated carbocycles. The predicted octanol–water partition coefficient (Wildman–Crippen LogP) is -0.490. The maximum absolute atomic E-state index is 12.3. The molecule has 0 aliphatic rings. The number of ether oxygens (including phenoxy) is 3. The minimum absolute atomic E-state index is 0.00141. The number of amides is 2. The second-order valence-corrected chi connectivity index (χ2v) is 8.23. The number of nitrogens with zero attached hydrogens (tertiary/aromatic N) is 1. The van der Waals surface area contributed by atoms with E-state index in [4.69, 9.17) is 43.2 Å². The Morgan fingerprint density at radius 2 is 1.25 bits per heavy atom. The topological polar surface area (TPSA) is 266 Å². The minimum Gasteiger partial charge on any atom is -0.450 e. The molecular formula is C21H44N8O7. The summed E-state index contributed by atoms with van der Waals surface area (Å²) >= 11 is 0. The van der Waals surface area contributed by atoms with Crippen molar-refractivity contribution in [2.45, 2.75) is 69.5 Å². The summed E-state index contributed by atoms with van der Waals surface area (Å²) in [5.74, 6) is 0.00601. The van der Waals surface area contributed by atoms with Crippen LogP contribution >= 0.6 is 0 Å². The van der Waals surface area contributed by atoms with Gasteiger partial charge in [0.2, 0.25) is 0 Å². The molecule has 0 aliphatic heterocycles. The van der Waals surface area contributed by atoms with Gasteiger partial charge in [-0.25, -0.2) is 14.4 Å². The van der Waals surface area contributed by atoms with Crippen molar-refractivity contribution in [1.29, 1.82) is 0 Å². The first-order chi connectivity index (χ1) is 17.2. The van der Waals surface area contributed by atoms with Crippen LogP contribution in [0.3, 0.4) is 0 Å². The van der Waals surface area contributed by atoms with Gasteiger partial charge in [0.25, 0.3) is 0 Å². The molecule has 0 radical (unpaired) electrons. The van der Waals surface area contributed by atoms with Crippen LogP contribution in [0.5, 0.6) is 0 Å². The van der Waals surface area contributed by atoms with Crippen LogP contribution in [0.1, 0.15) is 51.4 Å². The van der Waals surface area contributed by atoms with Crippen molar-refractivity contribution in [3.8, 4) is 0 Å². The Kier molecular flexibility index (Phi) is 19.5. The van der Waals surface area contributed by atoms with Gasteiger partial charge in [0.15, 0.2) is 5.96 Å². The molecule has 0 spiro atoms. The highest BCUT2D eigenvalue weighted by Crippen LogP contribution is 2.05. The van der Waals surface area contributed by atoms with Crippen molar-refractivity contribution in [1.82, 2.24) is 10.6 Å². The summed E-state index contributed by atoms with van der Waals surface area (Å²) in [7, 11) is 0. The third-order valence-electron chi connectivity index (χ3n) is 4.94. The fraction of sp³-hybridized carbons (Fsp3) is 0.810. The van der Waals surface area contributed by atoms with Gasteiger partial charge in [-0.2, -0.15) is 0 Å². The van der Waals surface area contributed by atoms with E-state index in [2.05, 4.69) is 20.4 Å². The van der Waals surface area contributed by atoms with Crippen molar-refractivity contribution < 1.29 is 33.7 Å². The lowest BCUT2D eigenvalue weighted by molar-refractivity contribution is 0.0762. The highest BCUT2D eigenvalue weighted by Gasteiger charge is 2.19. The maximum atomic E-state index is 12.3. The Bertz CT molecular complexity index is 650. The largest absolute Gasteiger partial charge is 0.505 e. The van der Waals surface area contributed by atoms with Crippen LogP contribution in [0.25, 0.3) is 0 Å². The Hall–Kier alpha value is -3.04. The number of guanidine groups is 1. The van der Waals surface area contributed by atoms with Crippen LogP contribution in [0.4, 0.5) is 14.4 Å². The lowest BCUT2D eigenvalue weighted by Gasteiger charge is -2.21. The van der Waals surface area contributed by atoms with E-state index in [1.165, 1.54) is 0 Å². The van der Waals surface area contributed by atoms with Gasteiger partial charge in [-0.3, -0.25) is 4.99 Å². The Morgan fingerprint density at radius 1 is 0.750 bits per heavy atom. The van der Waals surface area contributed by atoms with Crippen LogP contribution < -0.4 is 39.3 Å². The fourth-order valence-electron chi connectivity index (χ4n) is 3.06. The number of alkyl carbamates (subject to hydrolysis) is 2. The molecule has 0 aromatic rings. The monoisotopic (exact) mass is 520 g/mol. The van der Waals surface area contributed by atoms with Crippen LogP contribution in [-0.4, -0.2) is 87.0 Å². The van der Waals surface area contributed by atoms with E-state index in [1.54, 1.807) is 0 Å². The molecule has 0 aromatic carbocycles. The summed E-state index contributed by atoms with van der Waals surface area (Å²) in [6.07, 6.45) is 2.11. The third-order valence-corrected chi connectivity index (χ3v) is 4.94. The number of unbranched alkanes of at least 4 members (excludes halogenated alkanes) is 2. The molecule has 2 amide bonds. The van der Waals surface area contributed by atoms with E-state index in [0.717, 1.165) is 12.8 Å². The average Bonchev–Trinajstić information content (AvgIpc) is 2.82. The number of carbonyl (C=O) groups excluding carboxylic acids is 2. The number of nitrogens with two attached hydrogens (primary N) is 5. The molecule has 0 bridgehead atoms. The number of hydrogen-bond acceptors (Lipinski definition) is 10. The number of carbonyl (C=O) groups is 3. The molecular weight excluding hydrogens is 476 g/mol. The van der Waals surface area contributed by atoms with E-state index in [9.17, 15) is 14.4 Å². The lowest BCUT2D eigenvalue weighted by Crippen LogP contribution is -2.43. The standard InChI is InChI=1S/C21H44N8O7/c22-9-3-1-7-16(28-19(30)34-12-15(24)6-5-11-27-18(25)26)13-35-20(31)29-17(8-2-4-10-23)14-36-21(32)33/h15-17H,1-14,22-24H2,(H,28,30)(H,29,31)(H,32,33)(H4,25,26,27)/t15-,16-,17+/m0/s1. The van der Waals surface area contributed by atoms with Gasteiger partial charge in [-0.1, -0.05) is 12.8 Å². The van der Waals surface area contributed by atoms with Gasteiger partial charge in [0.05, 0.1) is 12.1 Å². The van der Waals surface area contributed by atoms with Crippen LogP contribution in [0, 0.1) is 0 Å². The maximum Gasteiger partial charge on any atom is 0.505 e. The molecule has 0 saturated heterocycles. The highest BCUT2D eigenvalue weighted by atomic mass is 16.7. The van der Waals surface area contributed by atoms with Gasteiger partial charge in [0, 0.05) is 12.6 Å². The minimum atomic E-state index is -1.44.